The van der Waals surface area contributed by atoms with Crippen LogP contribution in [0.15, 0.2) is 24.3 Å². The average molecular weight is 382 g/mol. The van der Waals surface area contributed by atoms with Gasteiger partial charge in [0.1, 0.15) is 17.4 Å². The number of amides is 1. The number of carbonyl (C=O) groups excluding carboxylic acids is 3. The van der Waals surface area contributed by atoms with Gasteiger partial charge in [0, 0.05) is 12.1 Å². The highest BCUT2D eigenvalue weighted by Gasteiger charge is 2.53. The SMILES string of the molecule is CS[C@@H]1[C@@H]([C@H](C)OC=O)C(=O)N1OC(=O)CCc1ccc([N+](=O)[O-])cc1. The number of carbonyl (C=O) groups is 3. The summed E-state index contributed by atoms with van der Waals surface area (Å²) in [5, 5.41) is 11.2. The number of nitro groups is 1. The molecule has 0 aliphatic carbocycles. The largest absolute Gasteiger partial charge is 0.464 e. The van der Waals surface area contributed by atoms with Crippen LogP contribution in [0.3, 0.4) is 0 Å². The Morgan fingerprint density at radius 2 is 2.08 bits per heavy atom. The molecule has 26 heavy (non-hydrogen) atoms. The van der Waals surface area contributed by atoms with Gasteiger partial charge in [0.15, 0.2) is 0 Å². The molecule has 1 amide bonds. The smallest absolute Gasteiger partial charge is 0.332 e. The van der Waals surface area contributed by atoms with Gasteiger partial charge in [-0.15, -0.1) is 11.8 Å². The molecular formula is C16H18N2O7S. The zero-order chi connectivity index (χ0) is 19.3. The molecule has 1 heterocycles. The van der Waals surface area contributed by atoms with E-state index in [0.29, 0.717) is 6.42 Å². The average Bonchev–Trinajstić information content (AvgIpc) is 2.62. The van der Waals surface area contributed by atoms with E-state index in [-0.39, 0.29) is 18.6 Å². The van der Waals surface area contributed by atoms with Crippen LogP contribution in [0, 0.1) is 16.0 Å². The van der Waals surface area contributed by atoms with Crippen LogP contribution in [0.25, 0.3) is 0 Å². The molecule has 9 nitrogen and oxygen atoms in total. The van der Waals surface area contributed by atoms with Crippen molar-refractivity contribution in [2.24, 2.45) is 5.92 Å². The van der Waals surface area contributed by atoms with Gasteiger partial charge in [-0.25, -0.2) is 4.79 Å². The lowest BCUT2D eigenvalue weighted by Crippen LogP contribution is -2.63. The minimum atomic E-state index is -0.604. The molecule has 0 unspecified atom stereocenters. The Bertz CT molecular complexity index is 694. The number of hydrogen-bond donors (Lipinski definition) is 0. The number of hydrogen-bond acceptors (Lipinski definition) is 8. The van der Waals surface area contributed by atoms with Gasteiger partial charge in [0.2, 0.25) is 0 Å². The van der Waals surface area contributed by atoms with Crippen molar-refractivity contribution in [1.29, 1.82) is 0 Å². The number of thioether (sulfide) groups is 1. The second-order valence-electron chi connectivity index (χ2n) is 5.64. The van der Waals surface area contributed by atoms with E-state index in [0.717, 1.165) is 10.6 Å². The molecule has 0 saturated carbocycles. The Morgan fingerprint density at radius 3 is 2.62 bits per heavy atom. The number of ether oxygens (including phenoxy) is 1. The van der Waals surface area contributed by atoms with Crippen LogP contribution in [0.2, 0.25) is 0 Å². The first-order chi connectivity index (χ1) is 12.4. The van der Waals surface area contributed by atoms with Gasteiger partial charge in [-0.05, 0) is 25.2 Å². The topological polar surface area (TPSA) is 116 Å². The third-order valence-electron chi connectivity index (χ3n) is 4.02. The molecule has 1 aromatic carbocycles. The zero-order valence-electron chi connectivity index (χ0n) is 14.2. The van der Waals surface area contributed by atoms with E-state index in [1.165, 1.54) is 23.9 Å². The van der Waals surface area contributed by atoms with Crippen molar-refractivity contribution in [3.8, 4) is 0 Å². The highest BCUT2D eigenvalue weighted by Crippen LogP contribution is 2.37. The standard InChI is InChI=1S/C16H18N2O7S/c1-10(24-9-19)14-15(21)17(16(14)26-2)25-13(20)8-5-11-3-6-12(7-4-11)18(22)23/h3-4,6-7,9-10,14,16H,5,8H2,1-2H3/t10-,14-,16+/m0/s1. The number of nitro benzene ring substituents is 1. The summed E-state index contributed by atoms with van der Waals surface area (Å²) in [6.07, 6.45) is 1.51. The lowest BCUT2D eigenvalue weighted by Gasteiger charge is -2.45. The van der Waals surface area contributed by atoms with E-state index in [1.807, 2.05) is 0 Å². The molecular weight excluding hydrogens is 364 g/mol. The second kappa shape index (κ2) is 8.65. The number of rotatable bonds is 9. The van der Waals surface area contributed by atoms with Gasteiger partial charge >= 0.3 is 5.97 Å². The van der Waals surface area contributed by atoms with Gasteiger partial charge in [-0.1, -0.05) is 12.1 Å². The maximum absolute atomic E-state index is 12.1. The van der Waals surface area contributed by atoms with E-state index in [2.05, 4.69) is 0 Å². The lowest BCUT2D eigenvalue weighted by atomic mass is 9.95. The zero-order valence-corrected chi connectivity index (χ0v) is 15.0. The number of β-lactam (4-membered cyclic amide) rings is 1. The van der Waals surface area contributed by atoms with Gasteiger partial charge in [-0.2, -0.15) is 5.06 Å². The van der Waals surface area contributed by atoms with Gasteiger partial charge in [0.05, 0.1) is 11.3 Å². The van der Waals surface area contributed by atoms with Crippen molar-refractivity contribution < 1.29 is 28.9 Å². The minimum Gasteiger partial charge on any atom is -0.464 e. The number of nitrogens with zero attached hydrogens (tertiary/aromatic N) is 2. The molecule has 1 saturated heterocycles. The third-order valence-corrected chi connectivity index (χ3v) is 4.99. The normalized spacial score (nSPS) is 20.1. The van der Waals surface area contributed by atoms with Crippen molar-refractivity contribution in [2.75, 3.05) is 6.26 Å². The molecule has 1 fully saturated rings. The summed E-state index contributed by atoms with van der Waals surface area (Å²) in [5.41, 5.74) is 0.720. The fraction of sp³-hybridized carbons (Fsp3) is 0.438. The number of benzene rings is 1. The summed E-state index contributed by atoms with van der Waals surface area (Å²) in [6.45, 7) is 1.89. The van der Waals surface area contributed by atoms with Gasteiger partial charge < -0.3 is 9.57 Å². The molecule has 0 bridgehead atoms. The predicted octanol–water partition coefficient (Wildman–Crippen LogP) is 1.69. The Kier molecular flexibility index (Phi) is 6.56. The summed E-state index contributed by atoms with van der Waals surface area (Å²) >= 11 is 1.31. The fourth-order valence-corrected chi connectivity index (χ4v) is 3.56. The van der Waals surface area contributed by atoms with Gasteiger partial charge in [0.25, 0.3) is 18.1 Å². The first kappa shape index (κ1) is 19.7. The molecule has 1 aliphatic heterocycles. The van der Waals surface area contributed by atoms with Crippen LogP contribution in [0.1, 0.15) is 18.9 Å². The van der Waals surface area contributed by atoms with Crippen LogP contribution >= 0.6 is 11.8 Å². The molecule has 1 aliphatic rings. The molecule has 0 radical (unpaired) electrons. The number of hydroxylamine groups is 2. The Morgan fingerprint density at radius 1 is 1.42 bits per heavy atom. The van der Waals surface area contributed by atoms with Crippen LogP contribution in [0.5, 0.6) is 0 Å². The van der Waals surface area contributed by atoms with Crippen molar-refractivity contribution >= 4 is 35.8 Å². The van der Waals surface area contributed by atoms with Crippen molar-refractivity contribution in [1.82, 2.24) is 5.06 Å². The Balaban J connectivity index is 1.86. The number of aryl methyl sites for hydroxylation is 1. The summed E-state index contributed by atoms with van der Waals surface area (Å²) in [5.74, 6) is -1.56. The summed E-state index contributed by atoms with van der Waals surface area (Å²) in [7, 11) is 0. The van der Waals surface area contributed by atoms with E-state index in [1.54, 1.807) is 25.3 Å². The first-order valence-corrected chi connectivity index (χ1v) is 9.07. The maximum atomic E-state index is 12.1. The fourth-order valence-electron chi connectivity index (χ4n) is 2.59. The molecule has 3 atom stereocenters. The monoisotopic (exact) mass is 382 g/mol. The molecule has 1 aromatic rings. The number of non-ortho nitro benzene ring substituents is 1. The van der Waals surface area contributed by atoms with Gasteiger partial charge in [-0.3, -0.25) is 19.7 Å². The summed E-state index contributed by atoms with van der Waals surface area (Å²) in [4.78, 5) is 49.8. The quantitative estimate of drug-likeness (QED) is 0.274. The third kappa shape index (κ3) is 4.31. The molecule has 140 valence electrons. The predicted molar refractivity (Wildman–Crippen MR) is 91.8 cm³/mol. The molecule has 0 spiro atoms. The molecule has 2 rings (SSSR count). The Hall–Kier alpha value is -2.62. The van der Waals surface area contributed by atoms with Crippen molar-refractivity contribution in [3.05, 3.63) is 39.9 Å². The minimum absolute atomic E-state index is 0.0216. The highest BCUT2D eigenvalue weighted by molar-refractivity contribution is 7.99. The molecule has 10 heteroatoms. The van der Waals surface area contributed by atoms with E-state index < -0.39 is 34.2 Å². The lowest BCUT2D eigenvalue weighted by molar-refractivity contribution is -0.384. The second-order valence-corrected chi connectivity index (χ2v) is 6.59. The van der Waals surface area contributed by atoms with E-state index >= 15 is 0 Å². The van der Waals surface area contributed by atoms with E-state index in [9.17, 15) is 24.5 Å². The molecule has 0 aromatic heterocycles. The highest BCUT2D eigenvalue weighted by atomic mass is 32.2. The summed E-state index contributed by atoms with van der Waals surface area (Å²) in [6, 6.07) is 5.86. The van der Waals surface area contributed by atoms with Crippen LogP contribution in [0.4, 0.5) is 5.69 Å². The van der Waals surface area contributed by atoms with Crippen molar-refractivity contribution in [2.45, 2.75) is 31.2 Å². The van der Waals surface area contributed by atoms with E-state index in [4.69, 9.17) is 9.57 Å². The van der Waals surface area contributed by atoms with Crippen LogP contribution < -0.4 is 0 Å². The first-order valence-electron chi connectivity index (χ1n) is 7.78. The Labute approximate surface area is 153 Å². The van der Waals surface area contributed by atoms with Crippen LogP contribution in [-0.4, -0.2) is 46.1 Å². The molecule has 0 N–H and O–H groups in total. The van der Waals surface area contributed by atoms with Crippen LogP contribution in [-0.2, 0) is 30.4 Å². The maximum Gasteiger partial charge on any atom is 0.332 e. The van der Waals surface area contributed by atoms with Crippen molar-refractivity contribution in [3.63, 3.8) is 0 Å². The summed E-state index contributed by atoms with van der Waals surface area (Å²) < 4.78 is 4.80.